The second kappa shape index (κ2) is 7.27. The number of hydrogen-bond acceptors (Lipinski definition) is 3. The zero-order valence-corrected chi connectivity index (χ0v) is 12.6. The van der Waals surface area contributed by atoms with Crippen LogP contribution in [0.3, 0.4) is 0 Å². The topological polar surface area (TPSA) is 30.0 Å². The van der Waals surface area contributed by atoms with E-state index >= 15 is 0 Å². The number of ketones is 1. The van der Waals surface area contributed by atoms with Gasteiger partial charge < -0.3 is 0 Å². The van der Waals surface area contributed by atoms with Gasteiger partial charge in [-0.2, -0.15) is 0 Å². The summed E-state index contributed by atoms with van der Waals surface area (Å²) in [7, 11) is 0. The van der Waals surface area contributed by atoms with Crippen molar-refractivity contribution >= 4 is 35.2 Å². The molecular weight excluding hydrogens is 290 g/mol. The average molecular weight is 304 g/mol. The van der Waals surface area contributed by atoms with Gasteiger partial charge in [0.2, 0.25) is 0 Å². The van der Waals surface area contributed by atoms with Gasteiger partial charge in [-0.15, -0.1) is 11.8 Å². The highest BCUT2D eigenvalue weighted by Crippen LogP contribution is 2.26. The van der Waals surface area contributed by atoms with Crippen molar-refractivity contribution in [3.63, 3.8) is 0 Å². The van der Waals surface area contributed by atoms with E-state index in [1.165, 1.54) is 18.6 Å². The van der Waals surface area contributed by atoms with Crippen LogP contribution in [0.2, 0.25) is 5.15 Å². The lowest BCUT2D eigenvalue weighted by atomic mass is 10.2. The number of carbonyl (C=O) groups excluding carboxylic acids is 1. The van der Waals surface area contributed by atoms with Gasteiger partial charge in [-0.3, -0.25) is 4.79 Å². The number of carbonyl (C=O) groups is 1. The third kappa shape index (κ3) is 4.51. The second-order valence-electron chi connectivity index (χ2n) is 4.27. The van der Waals surface area contributed by atoms with Crippen molar-refractivity contribution in [2.45, 2.75) is 17.6 Å². The lowest BCUT2D eigenvalue weighted by Crippen LogP contribution is -1.86. The minimum Gasteiger partial charge on any atom is -0.295 e. The van der Waals surface area contributed by atoms with E-state index in [9.17, 15) is 4.79 Å². The molecule has 1 heterocycles. The zero-order chi connectivity index (χ0) is 14.4. The molecule has 0 aliphatic carbocycles. The van der Waals surface area contributed by atoms with Crippen molar-refractivity contribution in [1.82, 2.24) is 4.98 Å². The summed E-state index contributed by atoms with van der Waals surface area (Å²) in [6, 6.07) is 12.2. The lowest BCUT2D eigenvalue weighted by Gasteiger charge is -2.04. The first-order chi connectivity index (χ1) is 9.65. The summed E-state index contributed by atoms with van der Waals surface area (Å²) in [5, 5.41) is 0.409. The maximum Gasteiger partial charge on any atom is 0.152 e. The van der Waals surface area contributed by atoms with Crippen molar-refractivity contribution in [1.29, 1.82) is 0 Å². The van der Waals surface area contributed by atoms with E-state index in [4.69, 9.17) is 11.6 Å². The Morgan fingerprint density at radius 3 is 2.80 bits per heavy atom. The maximum absolute atomic E-state index is 11.0. The molecule has 0 fully saturated rings. The molecule has 0 atom stereocenters. The van der Waals surface area contributed by atoms with E-state index in [-0.39, 0.29) is 5.78 Å². The van der Waals surface area contributed by atoms with Crippen molar-refractivity contribution in [2.24, 2.45) is 0 Å². The van der Waals surface area contributed by atoms with E-state index in [0.717, 1.165) is 16.2 Å². The first-order valence-corrected chi connectivity index (χ1v) is 7.52. The van der Waals surface area contributed by atoms with Gasteiger partial charge in [0.05, 0.1) is 0 Å². The predicted molar refractivity (Wildman–Crippen MR) is 85.0 cm³/mol. The summed E-state index contributed by atoms with van der Waals surface area (Å²) >= 11 is 7.70. The number of halogens is 1. The highest BCUT2D eigenvalue weighted by molar-refractivity contribution is 7.98. The molecule has 2 rings (SSSR count). The SMILES string of the molecule is CC(=O)/C=C/c1cc(SCc2ccccc2)cnc1Cl. The Bertz CT molecular complexity index is 626. The molecule has 0 aliphatic rings. The minimum atomic E-state index is -0.0107. The number of benzene rings is 1. The zero-order valence-electron chi connectivity index (χ0n) is 11.0. The van der Waals surface area contributed by atoms with Crippen LogP contribution >= 0.6 is 23.4 Å². The molecule has 0 unspecified atom stereocenters. The molecule has 0 bridgehead atoms. The van der Waals surface area contributed by atoms with Gasteiger partial charge in [-0.05, 0) is 30.7 Å². The number of pyridine rings is 1. The Kier molecular flexibility index (Phi) is 5.39. The van der Waals surface area contributed by atoms with E-state index < -0.39 is 0 Å². The van der Waals surface area contributed by atoms with Crippen LogP contribution in [0.25, 0.3) is 6.08 Å². The van der Waals surface area contributed by atoms with E-state index in [2.05, 4.69) is 17.1 Å². The Morgan fingerprint density at radius 2 is 2.10 bits per heavy atom. The van der Waals surface area contributed by atoms with Crippen molar-refractivity contribution in [3.05, 3.63) is 65.0 Å². The lowest BCUT2D eigenvalue weighted by molar-refractivity contribution is -0.112. The van der Waals surface area contributed by atoms with E-state index in [1.54, 1.807) is 24.0 Å². The number of thioether (sulfide) groups is 1. The van der Waals surface area contributed by atoms with Crippen molar-refractivity contribution in [3.8, 4) is 0 Å². The molecule has 0 saturated heterocycles. The molecule has 0 saturated carbocycles. The fraction of sp³-hybridized carbons (Fsp3) is 0.125. The van der Waals surface area contributed by atoms with Gasteiger partial charge in [0, 0.05) is 22.4 Å². The number of hydrogen-bond donors (Lipinski definition) is 0. The summed E-state index contributed by atoms with van der Waals surface area (Å²) in [6.45, 7) is 1.51. The summed E-state index contributed by atoms with van der Waals surface area (Å²) in [6.07, 6.45) is 4.94. The third-order valence-electron chi connectivity index (χ3n) is 2.59. The van der Waals surface area contributed by atoms with Crippen LogP contribution in [0, 0.1) is 0 Å². The highest BCUT2D eigenvalue weighted by atomic mass is 35.5. The number of nitrogens with zero attached hydrogens (tertiary/aromatic N) is 1. The largest absolute Gasteiger partial charge is 0.295 e. The molecule has 2 nitrogen and oxygen atoms in total. The van der Waals surface area contributed by atoms with Crippen LogP contribution in [-0.2, 0) is 10.5 Å². The molecule has 4 heteroatoms. The normalized spacial score (nSPS) is 10.9. The monoisotopic (exact) mass is 303 g/mol. The quantitative estimate of drug-likeness (QED) is 0.458. The van der Waals surface area contributed by atoms with Gasteiger partial charge in [-0.25, -0.2) is 4.98 Å². The van der Waals surface area contributed by atoms with Crippen LogP contribution in [-0.4, -0.2) is 10.8 Å². The fourth-order valence-corrected chi connectivity index (χ4v) is 2.62. The van der Waals surface area contributed by atoms with Crippen LogP contribution in [0.1, 0.15) is 18.1 Å². The second-order valence-corrected chi connectivity index (χ2v) is 5.68. The van der Waals surface area contributed by atoms with Crippen LogP contribution < -0.4 is 0 Å². The molecule has 0 spiro atoms. The molecule has 1 aromatic heterocycles. The standard InChI is InChI=1S/C16H14ClNOS/c1-12(19)7-8-14-9-15(10-18-16(14)17)20-11-13-5-3-2-4-6-13/h2-10H,11H2,1H3/b8-7+. The van der Waals surface area contributed by atoms with Gasteiger partial charge in [0.25, 0.3) is 0 Å². The van der Waals surface area contributed by atoms with Gasteiger partial charge in [0.15, 0.2) is 5.78 Å². The van der Waals surface area contributed by atoms with Gasteiger partial charge in [-0.1, -0.05) is 41.9 Å². The van der Waals surface area contributed by atoms with Crippen LogP contribution in [0.15, 0.2) is 53.6 Å². The van der Waals surface area contributed by atoms with Crippen molar-refractivity contribution in [2.75, 3.05) is 0 Å². The van der Waals surface area contributed by atoms with Crippen molar-refractivity contribution < 1.29 is 4.79 Å². The van der Waals surface area contributed by atoms with E-state index in [1.807, 2.05) is 24.3 Å². The van der Waals surface area contributed by atoms with Crippen LogP contribution in [0.5, 0.6) is 0 Å². The number of allylic oxidation sites excluding steroid dienone is 1. The smallest absolute Gasteiger partial charge is 0.152 e. The highest BCUT2D eigenvalue weighted by Gasteiger charge is 2.02. The molecule has 20 heavy (non-hydrogen) atoms. The van der Waals surface area contributed by atoms with E-state index in [0.29, 0.717) is 5.15 Å². The average Bonchev–Trinajstić information content (AvgIpc) is 2.46. The van der Waals surface area contributed by atoms with Gasteiger partial charge in [0.1, 0.15) is 5.15 Å². The molecule has 102 valence electrons. The molecular formula is C16H14ClNOS. The Labute approximate surface area is 127 Å². The fourth-order valence-electron chi connectivity index (χ4n) is 1.59. The molecule has 1 aromatic carbocycles. The Hall–Kier alpha value is -1.58. The van der Waals surface area contributed by atoms with Crippen LogP contribution in [0.4, 0.5) is 0 Å². The third-order valence-corrected chi connectivity index (χ3v) is 3.94. The summed E-state index contributed by atoms with van der Waals surface area (Å²) in [4.78, 5) is 16.1. The van der Waals surface area contributed by atoms with Gasteiger partial charge >= 0.3 is 0 Å². The summed E-state index contributed by atoms with van der Waals surface area (Å²) in [5.74, 6) is 0.864. The molecule has 2 aromatic rings. The number of rotatable bonds is 5. The Morgan fingerprint density at radius 1 is 1.35 bits per heavy atom. The molecule has 0 amide bonds. The molecule has 0 N–H and O–H groups in total. The number of aromatic nitrogens is 1. The summed E-state index contributed by atoms with van der Waals surface area (Å²) < 4.78 is 0. The summed E-state index contributed by atoms with van der Waals surface area (Å²) in [5.41, 5.74) is 2.02. The first kappa shape index (κ1) is 14.8. The molecule has 0 radical (unpaired) electrons. The first-order valence-electron chi connectivity index (χ1n) is 6.16. The minimum absolute atomic E-state index is 0.0107. The Balaban J connectivity index is 2.09. The maximum atomic E-state index is 11.0. The predicted octanol–water partition coefficient (Wildman–Crippen LogP) is 4.63. The molecule has 0 aliphatic heterocycles.